The molecule has 0 bridgehead atoms. The smallest absolute Gasteiger partial charge is 0.341 e. The number of carbonyl (C=O) groups is 1. The molecule has 0 aliphatic rings. The SMILES string of the molecule is CCc1noc(-c2ccc(I)cc2)c1C(=O)O. The van der Waals surface area contributed by atoms with Crippen molar-refractivity contribution in [2.75, 3.05) is 0 Å². The number of halogens is 1. The molecule has 17 heavy (non-hydrogen) atoms. The molecule has 88 valence electrons. The molecule has 0 aliphatic carbocycles. The number of hydrogen-bond acceptors (Lipinski definition) is 3. The van der Waals surface area contributed by atoms with Gasteiger partial charge in [-0.25, -0.2) is 4.79 Å². The number of aromatic nitrogens is 1. The van der Waals surface area contributed by atoms with Gasteiger partial charge in [-0.3, -0.25) is 0 Å². The van der Waals surface area contributed by atoms with E-state index in [0.29, 0.717) is 17.9 Å². The maximum atomic E-state index is 11.2. The lowest BCUT2D eigenvalue weighted by Gasteiger charge is -1.98. The molecule has 0 saturated heterocycles. The largest absolute Gasteiger partial charge is 0.477 e. The van der Waals surface area contributed by atoms with E-state index in [1.54, 1.807) is 0 Å². The van der Waals surface area contributed by atoms with Crippen LogP contribution in [-0.4, -0.2) is 16.2 Å². The first kappa shape index (κ1) is 12.1. The van der Waals surface area contributed by atoms with Crippen LogP contribution >= 0.6 is 22.6 Å². The zero-order chi connectivity index (χ0) is 12.4. The standard InChI is InChI=1S/C12H10INO3/c1-2-9-10(12(15)16)11(17-14-9)7-3-5-8(13)6-4-7/h3-6H,2H2,1H3,(H,15,16). The molecule has 0 aliphatic heterocycles. The Morgan fingerprint density at radius 3 is 2.59 bits per heavy atom. The fourth-order valence-electron chi connectivity index (χ4n) is 1.58. The van der Waals surface area contributed by atoms with Crippen LogP contribution in [0.1, 0.15) is 23.0 Å². The minimum Gasteiger partial charge on any atom is -0.477 e. The Labute approximate surface area is 112 Å². The van der Waals surface area contributed by atoms with Crippen molar-refractivity contribution in [1.82, 2.24) is 5.16 Å². The molecular weight excluding hydrogens is 333 g/mol. The molecule has 0 radical (unpaired) electrons. The lowest BCUT2D eigenvalue weighted by molar-refractivity contribution is 0.0696. The summed E-state index contributed by atoms with van der Waals surface area (Å²) in [7, 11) is 0. The highest BCUT2D eigenvalue weighted by Crippen LogP contribution is 2.27. The van der Waals surface area contributed by atoms with E-state index in [0.717, 1.165) is 9.13 Å². The summed E-state index contributed by atoms with van der Waals surface area (Å²) < 4.78 is 6.22. The van der Waals surface area contributed by atoms with Crippen LogP contribution in [0.2, 0.25) is 0 Å². The summed E-state index contributed by atoms with van der Waals surface area (Å²) in [5.41, 5.74) is 1.37. The second-order valence-electron chi connectivity index (χ2n) is 3.50. The Morgan fingerprint density at radius 1 is 1.41 bits per heavy atom. The monoisotopic (exact) mass is 343 g/mol. The van der Waals surface area contributed by atoms with Gasteiger partial charge in [0.2, 0.25) is 0 Å². The Hall–Kier alpha value is -1.37. The van der Waals surface area contributed by atoms with E-state index in [9.17, 15) is 9.90 Å². The molecule has 2 aromatic rings. The van der Waals surface area contributed by atoms with E-state index < -0.39 is 5.97 Å². The number of rotatable bonds is 3. The Bertz CT molecular complexity index is 545. The van der Waals surface area contributed by atoms with E-state index in [1.165, 1.54) is 0 Å². The number of hydrogen-bond donors (Lipinski definition) is 1. The molecular formula is C12H10INO3. The van der Waals surface area contributed by atoms with Crippen LogP contribution in [0.25, 0.3) is 11.3 Å². The fraction of sp³-hybridized carbons (Fsp3) is 0.167. The van der Waals surface area contributed by atoms with Crippen LogP contribution in [0.5, 0.6) is 0 Å². The second kappa shape index (κ2) is 4.87. The first-order valence-electron chi connectivity index (χ1n) is 5.11. The van der Waals surface area contributed by atoms with Crippen molar-refractivity contribution in [1.29, 1.82) is 0 Å². The topological polar surface area (TPSA) is 63.3 Å². The predicted molar refractivity (Wildman–Crippen MR) is 71.0 cm³/mol. The summed E-state index contributed by atoms with van der Waals surface area (Å²) in [6, 6.07) is 7.45. The van der Waals surface area contributed by atoms with E-state index in [1.807, 2.05) is 31.2 Å². The third-order valence-electron chi connectivity index (χ3n) is 2.42. The zero-order valence-electron chi connectivity index (χ0n) is 9.11. The van der Waals surface area contributed by atoms with Crippen LogP contribution in [0.15, 0.2) is 28.8 Å². The molecule has 0 saturated carbocycles. The second-order valence-corrected chi connectivity index (χ2v) is 4.74. The molecule has 1 aromatic carbocycles. The molecule has 0 unspecified atom stereocenters. The van der Waals surface area contributed by atoms with Crippen molar-refractivity contribution in [3.63, 3.8) is 0 Å². The van der Waals surface area contributed by atoms with Crippen molar-refractivity contribution in [3.05, 3.63) is 39.1 Å². The third kappa shape index (κ3) is 2.33. The molecule has 1 heterocycles. The highest BCUT2D eigenvalue weighted by atomic mass is 127. The average molecular weight is 343 g/mol. The Kier molecular flexibility index (Phi) is 3.46. The summed E-state index contributed by atoms with van der Waals surface area (Å²) in [4.78, 5) is 11.2. The number of benzene rings is 1. The molecule has 5 heteroatoms. The maximum absolute atomic E-state index is 11.2. The first-order valence-corrected chi connectivity index (χ1v) is 6.19. The highest BCUT2D eigenvalue weighted by Gasteiger charge is 2.22. The van der Waals surface area contributed by atoms with Crippen LogP contribution in [0.3, 0.4) is 0 Å². The number of aryl methyl sites for hydroxylation is 1. The van der Waals surface area contributed by atoms with E-state index in [4.69, 9.17) is 4.52 Å². The van der Waals surface area contributed by atoms with Gasteiger partial charge >= 0.3 is 5.97 Å². The number of carboxylic acids is 1. The zero-order valence-corrected chi connectivity index (χ0v) is 11.3. The Morgan fingerprint density at radius 2 is 2.06 bits per heavy atom. The highest BCUT2D eigenvalue weighted by molar-refractivity contribution is 14.1. The van der Waals surface area contributed by atoms with Gasteiger partial charge in [-0.05, 0) is 41.1 Å². The summed E-state index contributed by atoms with van der Waals surface area (Å²) >= 11 is 2.19. The minimum absolute atomic E-state index is 0.161. The summed E-state index contributed by atoms with van der Waals surface area (Å²) in [6.07, 6.45) is 0.537. The van der Waals surface area contributed by atoms with Gasteiger partial charge < -0.3 is 9.63 Å². The molecule has 0 amide bonds. The lowest BCUT2D eigenvalue weighted by atomic mass is 10.1. The average Bonchev–Trinajstić information content (AvgIpc) is 2.73. The molecule has 1 N–H and O–H groups in total. The van der Waals surface area contributed by atoms with E-state index in [2.05, 4.69) is 27.7 Å². The van der Waals surface area contributed by atoms with E-state index in [-0.39, 0.29) is 5.56 Å². The molecule has 0 spiro atoms. The van der Waals surface area contributed by atoms with Crippen molar-refractivity contribution >= 4 is 28.6 Å². The summed E-state index contributed by atoms with van der Waals surface area (Å²) in [5.74, 6) is -0.678. The minimum atomic E-state index is -1.00. The van der Waals surface area contributed by atoms with Gasteiger partial charge in [0.25, 0.3) is 0 Å². The Balaban J connectivity index is 2.55. The molecule has 2 rings (SSSR count). The fourth-order valence-corrected chi connectivity index (χ4v) is 1.94. The van der Waals surface area contributed by atoms with Gasteiger partial charge in [-0.2, -0.15) is 0 Å². The first-order chi connectivity index (χ1) is 8.13. The van der Waals surface area contributed by atoms with Crippen molar-refractivity contribution in [2.24, 2.45) is 0 Å². The van der Waals surface area contributed by atoms with Crippen molar-refractivity contribution < 1.29 is 14.4 Å². The number of aromatic carboxylic acids is 1. The number of nitrogens with zero attached hydrogens (tertiary/aromatic N) is 1. The van der Waals surface area contributed by atoms with Gasteiger partial charge in [0.15, 0.2) is 5.76 Å². The molecule has 1 aromatic heterocycles. The normalized spacial score (nSPS) is 10.5. The van der Waals surface area contributed by atoms with Gasteiger partial charge in [0.05, 0.1) is 5.69 Å². The van der Waals surface area contributed by atoms with Gasteiger partial charge in [0.1, 0.15) is 5.56 Å². The van der Waals surface area contributed by atoms with Crippen LogP contribution in [0, 0.1) is 3.57 Å². The molecule has 0 fully saturated rings. The van der Waals surface area contributed by atoms with Crippen LogP contribution in [0.4, 0.5) is 0 Å². The molecule has 4 nitrogen and oxygen atoms in total. The predicted octanol–water partition coefficient (Wildman–Crippen LogP) is 3.21. The third-order valence-corrected chi connectivity index (χ3v) is 3.14. The summed E-state index contributed by atoms with van der Waals surface area (Å²) in [5, 5.41) is 13.0. The van der Waals surface area contributed by atoms with Crippen LogP contribution < -0.4 is 0 Å². The van der Waals surface area contributed by atoms with Gasteiger partial charge in [-0.1, -0.05) is 24.2 Å². The van der Waals surface area contributed by atoms with Gasteiger partial charge in [-0.15, -0.1) is 0 Å². The maximum Gasteiger partial charge on any atom is 0.341 e. The molecule has 0 atom stereocenters. The quantitative estimate of drug-likeness (QED) is 0.870. The number of carboxylic acid groups (broad SMARTS) is 1. The van der Waals surface area contributed by atoms with Crippen molar-refractivity contribution in [3.8, 4) is 11.3 Å². The van der Waals surface area contributed by atoms with E-state index >= 15 is 0 Å². The van der Waals surface area contributed by atoms with Crippen LogP contribution in [-0.2, 0) is 6.42 Å². The van der Waals surface area contributed by atoms with Crippen molar-refractivity contribution in [2.45, 2.75) is 13.3 Å². The summed E-state index contributed by atoms with van der Waals surface area (Å²) in [6.45, 7) is 1.85. The van der Waals surface area contributed by atoms with Gasteiger partial charge in [0, 0.05) is 9.13 Å². The lowest BCUT2D eigenvalue weighted by Crippen LogP contribution is -2.01.